The van der Waals surface area contributed by atoms with Crippen LogP contribution in [0.3, 0.4) is 0 Å². The lowest BCUT2D eigenvalue weighted by Crippen LogP contribution is -2.44. The van der Waals surface area contributed by atoms with E-state index in [4.69, 9.17) is 9.41 Å². The molecule has 3 aliphatic heterocycles. The summed E-state index contributed by atoms with van der Waals surface area (Å²) >= 11 is 1.74. The number of furan rings is 1. The van der Waals surface area contributed by atoms with Crippen LogP contribution >= 0.6 is 11.8 Å². The van der Waals surface area contributed by atoms with Crippen molar-refractivity contribution in [1.29, 1.82) is 0 Å². The Balaban J connectivity index is 1.05. The molecule has 2 unspecified atom stereocenters. The predicted molar refractivity (Wildman–Crippen MR) is 225 cm³/mol. The number of amidine groups is 1. The smallest absolute Gasteiger partial charge is 0.143 e. The maximum absolute atomic E-state index is 6.49. The van der Waals surface area contributed by atoms with Gasteiger partial charge < -0.3 is 15.1 Å². The van der Waals surface area contributed by atoms with Crippen molar-refractivity contribution in [3.63, 3.8) is 0 Å². The SMILES string of the molecule is C=C1/C=C\C=C/Sc2c1cccc2-c1cccc(C2C=C(c3ccccc3)NC(c3ccc(C4=c5c(oc6ccccc56)=C5C=CC=CC5N4)cc3)=N2)c1. The lowest BCUT2D eigenvalue weighted by Gasteiger charge is -2.25. The number of hydrogen-bond acceptors (Lipinski definition) is 5. The van der Waals surface area contributed by atoms with Crippen LogP contribution in [-0.2, 0) is 0 Å². The first-order valence-electron chi connectivity index (χ1n) is 18.2. The van der Waals surface area contributed by atoms with Crippen molar-refractivity contribution in [2.24, 2.45) is 4.99 Å². The molecule has 54 heavy (non-hydrogen) atoms. The van der Waals surface area contributed by atoms with E-state index >= 15 is 0 Å². The van der Waals surface area contributed by atoms with Gasteiger partial charge in [0.2, 0.25) is 0 Å². The van der Waals surface area contributed by atoms with E-state index in [1.54, 1.807) is 11.8 Å². The van der Waals surface area contributed by atoms with Gasteiger partial charge in [-0.05, 0) is 62.6 Å². The van der Waals surface area contributed by atoms with Crippen molar-refractivity contribution in [2.75, 3.05) is 0 Å². The summed E-state index contributed by atoms with van der Waals surface area (Å²) in [5.41, 5.74) is 13.9. The van der Waals surface area contributed by atoms with E-state index in [9.17, 15) is 0 Å². The molecule has 4 nitrogen and oxygen atoms in total. The van der Waals surface area contributed by atoms with Gasteiger partial charge in [-0.1, -0.05) is 170 Å². The van der Waals surface area contributed by atoms with Gasteiger partial charge >= 0.3 is 0 Å². The molecule has 4 heterocycles. The number of nitrogens with zero attached hydrogens (tertiary/aromatic N) is 1. The number of allylic oxidation sites excluding steroid dienone is 6. The zero-order chi connectivity index (χ0) is 36.0. The van der Waals surface area contributed by atoms with Crippen LogP contribution < -0.4 is 21.3 Å². The summed E-state index contributed by atoms with van der Waals surface area (Å²) in [6, 6.07) is 42.6. The minimum Gasteiger partial charge on any atom is -0.456 e. The lowest BCUT2D eigenvalue weighted by atomic mass is 9.94. The highest BCUT2D eigenvalue weighted by atomic mass is 32.2. The van der Waals surface area contributed by atoms with Gasteiger partial charge in [0.1, 0.15) is 16.8 Å². The van der Waals surface area contributed by atoms with Gasteiger partial charge in [0, 0.05) is 27.1 Å². The Labute approximate surface area is 318 Å². The Morgan fingerprint density at radius 2 is 1.46 bits per heavy atom. The van der Waals surface area contributed by atoms with Crippen LogP contribution in [0.5, 0.6) is 0 Å². The second kappa shape index (κ2) is 13.4. The van der Waals surface area contributed by atoms with Crippen molar-refractivity contribution < 1.29 is 4.42 Å². The molecule has 0 spiro atoms. The molecule has 0 fully saturated rings. The molecule has 0 bridgehead atoms. The second-order valence-corrected chi connectivity index (χ2v) is 14.6. The molecule has 10 rings (SSSR count). The Morgan fingerprint density at radius 3 is 2.37 bits per heavy atom. The average Bonchev–Trinajstić information content (AvgIpc) is 3.63. The molecule has 2 N–H and O–H groups in total. The molecule has 0 amide bonds. The lowest BCUT2D eigenvalue weighted by molar-refractivity contribution is 0.564. The third-order valence-corrected chi connectivity index (χ3v) is 11.4. The number of thioether (sulfide) groups is 1. The largest absolute Gasteiger partial charge is 0.456 e. The number of fused-ring (bicyclic) bond motifs is 5. The first kappa shape index (κ1) is 32.1. The second-order valence-electron chi connectivity index (χ2n) is 13.7. The van der Waals surface area contributed by atoms with E-state index in [2.05, 4.69) is 174 Å². The minimum atomic E-state index is -0.193. The molecule has 2 atom stereocenters. The first-order chi connectivity index (χ1) is 26.7. The van der Waals surface area contributed by atoms with E-state index in [1.807, 2.05) is 18.2 Å². The molecule has 1 aromatic heterocycles. The monoisotopic (exact) mass is 713 g/mol. The van der Waals surface area contributed by atoms with Gasteiger partial charge in [0.05, 0.1) is 23.0 Å². The summed E-state index contributed by atoms with van der Waals surface area (Å²) < 4.78 is 6.49. The fourth-order valence-corrected chi connectivity index (χ4v) is 8.66. The van der Waals surface area contributed by atoms with Crippen LogP contribution in [0.2, 0.25) is 0 Å². The topological polar surface area (TPSA) is 49.6 Å². The van der Waals surface area contributed by atoms with Crippen LogP contribution in [0.1, 0.15) is 33.9 Å². The summed E-state index contributed by atoms with van der Waals surface area (Å²) in [5, 5.41) is 11.9. The first-order valence-corrected chi connectivity index (χ1v) is 19.1. The Kier molecular flexibility index (Phi) is 8.00. The molecule has 0 radical (unpaired) electrons. The predicted octanol–water partition coefficient (Wildman–Crippen LogP) is 9.83. The fraction of sp³-hybridized carbons (Fsp3) is 0.0408. The summed E-state index contributed by atoms with van der Waals surface area (Å²) in [6.45, 7) is 4.34. The van der Waals surface area contributed by atoms with Crippen LogP contribution in [-0.4, -0.2) is 11.9 Å². The molecular formula is C49H35N3OS. The maximum atomic E-state index is 6.49. The van der Waals surface area contributed by atoms with Gasteiger partial charge in [-0.25, -0.2) is 0 Å². The number of para-hydroxylation sites is 1. The van der Waals surface area contributed by atoms with Gasteiger partial charge in [-0.15, -0.1) is 0 Å². The number of benzene rings is 5. The van der Waals surface area contributed by atoms with E-state index in [0.29, 0.717) is 0 Å². The highest BCUT2D eigenvalue weighted by Crippen LogP contribution is 2.40. The minimum absolute atomic E-state index is 0.0401. The van der Waals surface area contributed by atoms with E-state index in [1.165, 1.54) is 10.5 Å². The summed E-state index contributed by atoms with van der Waals surface area (Å²) in [6.07, 6.45) is 16.9. The Morgan fingerprint density at radius 1 is 0.685 bits per heavy atom. The number of hydrogen-bond donors (Lipinski definition) is 2. The third-order valence-electron chi connectivity index (χ3n) is 10.4. The van der Waals surface area contributed by atoms with Crippen LogP contribution in [0.25, 0.3) is 44.6 Å². The third kappa shape index (κ3) is 5.70. The van der Waals surface area contributed by atoms with Crippen LogP contribution in [0.15, 0.2) is 196 Å². The van der Waals surface area contributed by atoms with Crippen molar-refractivity contribution in [2.45, 2.75) is 17.0 Å². The number of aliphatic imine (C=N–C) groups is 1. The van der Waals surface area contributed by atoms with Gasteiger partial charge in [-0.3, -0.25) is 4.99 Å². The highest BCUT2D eigenvalue weighted by Gasteiger charge is 2.25. The fourth-order valence-electron chi connectivity index (χ4n) is 7.72. The molecular weight excluding hydrogens is 679 g/mol. The summed E-state index contributed by atoms with van der Waals surface area (Å²) in [7, 11) is 0. The van der Waals surface area contributed by atoms with Gasteiger partial charge in [-0.2, -0.15) is 0 Å². The van der Waals surface area contributed by atoms with Crippen molar-refractivity contribution in [3.8, 4) is 11.1 Å². The van der Waals surface area contributed by atoms with Crippen LogP contribution in [0, 0.1) is 0 Å². The van der Waals surface area contributed by atoms with Gasteiger partial charge in [0.15, 0.2) is 0 Å². The molecule has 258 valence electrons. The number of nitrogens with one attached hydrogen (secondary N) is 2. The Bertz CT molecular complexity index is 2810. The van der Waals surface area contributed by atoms with E-state index < -0.39 is 0 Å². The molecule has 5 heteroatoms. The zero-order valence-electron chi connectivity index (χ0n) is 29.4. The highest BCUT2D eigenvalue weighted by molar-refractivity contribution is 8.02. The van der Waals surface area contributed by atoms with E-state index in [-0.39, 0.29) is 12.1 Å². The zero-order valence-corrected chi connectivity index (χ0v) is 30.2. The molecule has 4 aliphatic rings. The van der Waals surface area contributed by atoms with E-state index in [0.717, 1.165) is 83.4 Å². The quantitative estimate of drug-likeness (QED) is 0.187. The van der Waals surface area contributed by atoms with Crippen molar-refractivity contribution in [1.82, 2.24) is 10.6 Å². The summed E-state index contributed by atoms with van der Waals surface area (Å²) in [5.74, 6) is 0.832. The summed E-state index contributed by atoms with van der Waals surface area (Å²) in [4.78, 5) is 6.57. The molecule has 0 saturated heterocycles. The Hall–Kier alpha value is -6.56. The number of rotatable bonds is 5. The van der Waals surface area contributed by atoms with Crippen molar-refractivity contribution >= 4 is 51.1 Å². The molecule has 1 aliphatic carbocycles. The van der Waals surface area contributed by atoms with Crippen molar-refractivity contribution in [3.05, 3.63) is 220 Å². The standard InChI is InChI=1S/C49H35N3OS/c1-31-13-9-10-28-54-48-37(31)20-12-21-38(48)35-16-11-17-36(29-35)43-30-42(32-14-3-2-4-15-32)51-49(52-43)34-26-24-33(25-27-34)46-45-40-19-6-8-23-44(40)53-47(45)39-18-5-7-22-41(39)50-46/h2-30,41,43,50H,1H2,(H,51,52)/b13-9-,28-10-. The normalized spacial score (nSPS) is 19.7. The maximum Gasteiger partial charge on any atom is 0.143 e. The molecule has 0 saturated carbocycles. The molecule has 6 aromatic rings. The molecule has 5 aromatic carbocycles. The van der Waals surface area contributed by atoms with Crippen LogP contribution in [0.4, 0.5) is 0 Å². The van der Waals surface area contributed by atoms with Gasteiger partial charge in [0.25, 0.3) is 0 Å². The average molecular weight is 714 g/mol.